The molecule has 0 saturated heterocycles. The lowest BCUT2D eigenvalue weighted by molar-refractivity contribution is 0.601. The number of rotatable bonds is 5. The molecule has 0 saturated carbocycles. The van der Waals surface area contributed by atoms with Gasteiger partial charge in [0.05, 0.1) is 4.90 Å². The third-order valence-electron chi connectivity index (χ3n) is 4.27. The average Bonchev–Trinajstić information content (AvgIpc) is 2.64. The van der Waals surface area contributed by atoms with Gasteiger partial charge in [-0.25, -0.2) is 23.1 Å². The molecule has 0 bridgehead atoms. The Balaban J connectivity index is 1.69. The number of nitrogens with zero attached hydrogens (tertiary/aromatic N) is 2. The third-order valence-corrected chi connectivity index (χ3v) is 5.82. The van der Waals surface area contributed by atoms with Gasteiger partial charge in [-0.15, -0.1) is 0 Å². The largest absolute Gasteiger partial charge is 0.332 e. The highest BCUT2D eigenvalue weighted by molar-refractivity contribution is 7.92. The van der Waals surface area contributed by atoms with Crippen molar-refractivity contribution in [2.45, 2.75) is 32.6 Å². The van der Waals surface area contributed by atoms with Crippen molar-refractivity contribution in [2.24, 2.45) is 0 Å². The van der Waals surface area contributed by atoms with E-state index >= 15 is 0 Å². The Bertz CT molecular complexity index is 1170. The fourth-order valence-corrected chi connectivity index (χ4v) is 3.99. The minimum absolute atomic E-state index is 0.0496. The van der Waals surface area contributed by atoms with E-state index in [0.29, 0.717) is 22.2 Å². The monoisotopic (exact) mass is 441 g/mol. The van der Waals surface area contributed by atoms with Crippen LogP contribution in [0.15, 0.2) is 53.4 Å². The van der Waals surface area contributed by atoms with Crippen molar-refractivity contribution in [1.29, 1.82) is 0 Å². The SMILES string of the molecule is Cc1ccc(C)c(NC(=S)Nc2ccc(S(=O)(=O)Nc3nc(C)cc(C)n3)cc2)c1. The van der Waals surface area contributed by atoms with E-state index in [9.17, 15) is 8.42 Å². The van der Waals surface area contributed by atoms with Gasteiger partial charge < -0.3 is 10.6 Å². The van der Waals surface area contributed by atoms with Crippen LogP contribution in [0.4, 0.5) is 17.3 Å². The number of benzene rings is 2. The van der Waals surface area contributed by atoms with E-state index in [4.69, 9.17) is 12.2 Å². The standard InChI is InChI=1S/C21H23N5O2S2/c1-13-5-6-14(2)19(11-13)25-21(29)24-17-7-9-18(10-8-17)30(27,28)26-20-22-15(3)12-16(4)23-20/h5-12H,1-4H3,(H,22,23,26)(H2,24,25,29). The summed E-state index contributed by atoms with van der Waals surface area (Å²) >= 11 is 5.37. The molecule has 1 aromatic heterocycles. The smallest absolute Gasteiger partial charge is 0.264 e. The van der Waals surface area contributed by atoms with Crippen molar-refractivity contribution in [1.82, 2.24) is 9.97 Å². The summed E-state index contributed by atoms with van der Waals surface area (Å²) in [6.45, 7) is 7.57. The maximum Gasteiger partial charge on any atom is 0.264 e. The van der Waals surface area contributed by atoms with Gasteiger partial charge in [0.1, 0.15) is 0 Å². The van der Waals surface area contributed by atoms with Crippen molar-refractivity contribution < 1.29 is 8.42 Å². The van der Waals surface area contributed by atoms with Crippen LogP contribution in [0, 0.1) is 27.7 Å². The van der Waals surface area contributed by atoms with E-state index in [-0.39, 0.29) is 10.8 Å². The van der Waals surface area contributed by atoms with E-state index in [1.165, 1.54) is 12.1 Å². The summed E-state index contributed by atoms with van der Waals surface area (Å²) in [5.74, 6) is 0.0496. The van der Waals surface area contributed by atoms with Gasteiger partial charge in [-0.2, -0.15) is 0 Å². The van der Waals surface area contributed by atoms with E-state index in [1.54, 1.807) is 32.0 Å². The Morgan fingerprint density at radius 3 is 2.13 bits per heavy atom. The molecular weight excluding hydrogens is 418 g/mol. The predicted octanol–water partition coefficient (Wildman–Crippen LogP) is 4.32. The zero-order valence-corrected chi connectivity index (χ0v) is 18.8. The molecule has 0 spiro atoms. The summed E-state index contributed by atoms with van der Waals surface area (Å²) < 4.78 is 27.6. The van der Waals surface area contributed by atoms with Crippen LogP contribution in [0.25, 0.3) is 0 Å². The molecule has 30 heavy (non-hydrogen) atoms. The fourth-order valence-electron chi connectivity index (χ4n) is 2.82. The molecule has 2 aromatic carbocycles. The average molecular weight is 442 g/mol. The van der Waals surface area contributed by atoms with Gasteiger partial charge in [0, 0.05) is 22.8 Å². The fraction of sp³-hybridized carbons (Fsp3) is 0.190. The number of hydrogen-bond donors (Lipinski definition) is 3. The third kappa shape index (κ3) is 5.52. The summed E-state index contributed by atoms with van der Waals surface area (Å²) in [6.07, 6.45) is 0. The Hall–Kier alpha value is -3.04. The molecule has 3 aromatic rings. The molecular formula is C21H23N5O2S2. The van der Waals surface area contributed by atoms with Crippen molar-refractivity contribution in [3.8, 4) is 0 Å². The van der Waals surface area contributed by atoms with E-state index in [0.717, 1.165) is 16.8 Å². The molecule has 3 rings (SSSR count). The Kier molecular flexibility index (Phi) is 6.33. The maximum atomic E-state index is 12.6. The quantitative estimate of drug-likeness (QED) is 0.508. The molecule has 9 heteroatoms. The first-order valence-corrected chi connectivity index (χ1v) is 11.1. The van der Waals surface area contributed by atoms with Crippen LogP contribution in [0.3, 0.4) is 0 Å². The highest BCUT2D eigenvalue weighted by Gasteiger charge is 2.16. The predicted molar refractivity (Wildman–Crippen MR) is 125 cm³/mol. The lowest BCUT2D eigenvalue weighted by Gasteiger charge is -2.14. The van der Waals surface area contributed by atoms with Crippen LogP contribution in [0.5, 0.6) is 0 Å². The van der Waals surface area contributed by atoms with Gasteiger partial charge in [-0.05, 0) is 87.4 Å². The molecule has 0 atom stereocenters. The molecule has 0 aliphatic heterocycles. The Labute approximate surface area is 182 Å². The normalized spacial score (nSPS) is 11.1. The summed E-state index contributed by atoms with van der Waals surface area (Å²) in [5, 5.41) is 6.64. The molecule has 0 fully saturated rings. The Morgan fingerprint density at radius 1 is 0.867 bits per heavy atom. The van der Waals surface area contributed by atoms with Gasteiger partial charge in [0.2, 0.25) is 5.95 Å². The van der Waals surface area contributed by atoms with Crippen molar-refractivity contribution >= 4 is 44.7 Å². The van der Waals surface area contributed by atoms with Crippen molar-refractivity contribution in [3.63, 3.8) is 0 Å². The molecule has 0 radical (unpaired) electrons. The zero-order valence-electron chi connectivity index (χ0n) is 17.1. The van der Waals surface area contributed by atoms with Crippen LogP contribution < -0.4 is 15.4 Å². The van der Waals surface area contributed by atoms with Gasteiger partial charge in [-0.3, -0.25) is 0 Å². The number of anilines is 3. The molecule has 0 amide bonds. The first-order chi connectivity index (χ1) is 14.1. The van der Waals surface area contributed by atoms with E-state index in [2.05, 4.69) is 25.3 Å². The molecule has 3 N–H and O–H groups in total. The second-order valence-electron chi connectivity index (χ2n) is 7.00. The van der Waals surface area contributed by atoms with Crippen molar-refractivity contribution in [3.05, 3.63) is 71.0 Å². The highest BCUT2D eigenvalue weighted by atomic mass is 32.2. The van der Waals surface area contributed by atoms with Crippen LogP contribution in [0.2, 0.25) is 0 Å². The van der Waals surface area contributed by atoms with Crippen LogP contribution in [-0.4, -0.2) is 23.5 Å². The number of sulfonamides is 1. The number of aromatic nitrogens is 2. The highest BCUT2D eigenvalue weighted by Crippen LogP contribution is 2.19. The van der Waals surface area contributed by atoms with Gasteiger partial charge in [0.15, 0.2) is 5.11 Å². The van der Waals surface area contributed by atoms with Gasteiger partial charge >= 0.3 is 0 Å². The van der Waals surface area contributed by atoms with Crippen LogP contribution in [-0.2, 0) is 10.0 Å². The second kappa shape index (κ2) is 8.76. The lowest BCUT2D eigenvalue weighted by atomic mass is 10.1. The maximum absolute atomic E-state index is 12.6. The molecule has 0 aliphatic rings. The van der Waals surface area contributed by atoms with Crippen LogP contribution in [0.1, 0.15) is 22.5 Å². The molecule has 7 nitrogen and oxygen atoms in total. The first-order valence-electron chi connectivity index (χ1n) is 9.23. The lowest BCUT2D eigenvalue weighted by Crippen LogP contribution is -2.20. The zero-order chi connectivity index (χ0) is 21.9. The molecule has 156 valence electrons. The number of hydrogen-bond acceptors (Lipinski definition) is 5. The topological polar surface area (TPSA) is 96.0 Å². The number of thiocarbonyl (C=S) groups is 1. The summed E-state index contributed by atoms with van der Waals surface area (Å²) in [6, 6.07) is 14.1. The Morgan fingerprint density at radius 2 is 1.50 bits per heavy atom. The van der Waals surface area contributed by atoms with E-state index < -0.39 is 10.0 Å². The van der Waals surface area contributed by atoms with Gasteiger partial charge in [0.25, 0.3) is 10.0 Å². The van der Waals surface area contributed by atoms with Crippen LogP contribution >= 0.6 is 12.2 Å². The van der Waals surface area contributed by atoms with Gasteiger partial charge in [-0.1, -0.05) is 12.1 Å². The second-order valence-corrected chi connectivity index (χ2v) is 9.09. The summed E-state index contributed by atoms with van der Waals surface area (Å²) in [7, 11) is -3.80. The van der Waals surface area contributed by atoms with Crippen molar-refractivity contribution in [2.75, 3.05) is 15.4 Å². The number of aryl methyl sites for hydroxylation is 4. The molecule has 1 heterocycles. The molecule has 0 aliphatic carbocycles. The minimum atomic E-state index is -3.80. The minimum Gasteiger partial charge on any atom is -0.332 e. The molecule has 0 unspecified atom stereocenters. The first kappa shape index (κ1) is 21.7. The summed E-state index contributed by atoms with van der Waals surface area (Å²) in [4.78, 5) is 8.33. The number of nitrogens with one attached hydrogen (secondary N) is 3. The summed E-state index contributed by atoms with van der Waals surface area (Å²) in [5.41, 5.74) is 5.16. The van der Waals surface area contributed by atoms with E-state index in [1.807, 2.05) is 32.0 Å².